The summed E-state index contributed by atoms with van der Waals surface area (Å²) in [5.41, 5.74) is 0.623. The van der Waals surface area contributed by atoms with E-state index >= 15 is 0 Å². The lowest BCUT2D eigenvalue weighted by molar-refractivity contribution is -0.126. The molecule has 2 rings (SSSR count). The molecule has 0 saturated carbocycles. The molecule has 1 aliphatic rings. The predicted octanol–water partition coefficient (Wildman–Crippen LogP) is 1.75. The van der Waals surface area contributed by atoms with Crippen LogP contribution in [0.2, 0.25) is 0 Å². The number of nitrogens with zero attached hydrogens (tertiary/aromatic N) is 3. The maximum atomic E-state index is 12.4. The Kier molecular flexibility index (Phi) is 5.12. The number of carbonyl (C=O) groups excluding carboxylic acids is 1. The second kappa shape index (κ2) is 6.85. The Hall–Kier alpha value is -1.69. The van der Waals surface area contributed by atoms with Gasteiger partial charge in [0.15, 0.2) is 0 Å². The van der Waals surface area contributed by atoms with Gasteiger partial charge in [-0.3, -0.25) is 4.79 Å². The van der Waals surface area contributed by atoms with Gasteiger partial charge >= 0.3 is 0 Å². The summed E-state index contributed by atoms with van der Waals surface area (Å²) in [6, 6.07) is 0. The summed E-state index contributed by atoms with van der Waals surface area (Å²) in [5, 5.41) is 20.8. The third-order valence-electron chi connectivity index (χ3n) is 3.92. The highest BCUT2D eigenvalue weighted by Gasteiger charge is 2.41. The average Bonchev–Trinajstić information content (AvgIpc) is 3.09. The van der Waals surface area contributed by atoms with Crippen molar-refractivity contribution in [2.45, 2.75) is 51.6 Å². The Morgan fingerprint density at radius 2 is 2.19 bits per heavy atom. The van der Waals surface area contributed by atoms with Crippen LogP contribution < -0.4 is 0 Å². The van der Waals surface area contributed by atoms with Crippen LogP contribution >= 0.6 is 0 Å². The number of allylic oxidation sites excluding steroid dienone is 1. The zero-order chi connectivity index (χ0) is 15.3. The summed E-state index contributed by atoms with van der Waals surface area (Å²) in [4.78, 5) is 14.1. The van der Waals surface area contributed by atoms with Gasteiger partial charge in [0.2, 0.25) is 5.91 Å². The van der Waals surface area contributed by atoms with Crippen LogP contribution in [0.15, 0.2) is 17.8 Å². The zero-order valence-electron chi connectivity index (χ0n) is 12.8. The summed E-state index contributed by atoms with van der Waals surface area (Å²) in [6.45, 7) is 5.06. The Labute approximate surface area is 125 Å². The molecule has 0 aromatic carbocycles. The van der Waals surface area contributed by atoms with E-state index in [1.807, 2.05) is 0 Å². The molecule has 21 heavy (non-hydrogen) atoms. The summed E-state index contributed by atoms with van der Waals surface area (Å²) < 4.78 is 0. The quantitative estimate of drug-likeness (QED) is 0.783. The summed E-state index contributed by atoms with van der Waals surface area (Å²) >= 11 is 0. The molecule has 1 fully saturated rings. The largest absolute Gasteiger partial charge is 0.381 e. The number of amides is 1. The number of H-pyrrole nitrogens is 1. The minimum absolute atomic E-state index is 0.00804. The monoisotopic (exact) mass is 292 g/mol. The molecule has 0 aliphatic carbocycles. The van der Waals surface area contributed by atoms with E-state index in [0.717, 1.165) is 25.7 Å². The highest BCUT2D eigenvalue weighted by molar-refractivity contribution is 5.88. The third kappa shape index (κ3) is 3.69. The SMILES string of the molecule is CCCC(=CC(=O)N1CCC(O)(c2cn[nH]n2)C1)CCC. The van der Waals surface area contributed by atoms with Gasteiger partial charge in [-0.15, -0.1) is 0 Å². The first-order valence-electron chi connectivity index (χ1n) is 7.66. The predicted molar refractivity (Wildman–Crippen MR) is 79.4 cm³/mol. The highest BCUT2D eigenvalue weighted by Crippen LogP contribution is 2.30. The van der Waals surface area contributed by atoms with Crippen molar-refractivity contribution in [2.75, 3.05) is 13.1 Å². The molecule has 116 valence electrons. The fraction of sp³-hybridized carbons (Fsp3) is 0.667. The molecule has 1 amide bonds. The van der Waals surface area contributed by atoms with E-state index in [0.29, 0.717) is 18.7 Å². The minimum Gasteiger partial charge on any atom is -0.381 e. The highest BCUT2D eigenvalue weighted by atomic mass is 16.3. The molecule has 2 N–H and O–H groups in total. The molecule has 1 aromatic rings. The first-order chi connectivity index (χ1) is 10.1. The maximum Gasteiger partial charge on any atom is 0.246 e. The smallest absolute Gasteiger partial charge is 0.246 e. The lowest BCUT2D eigenvalue weighted by atomic mass is 10.00. The van der Waals surface area contributed by atoms with Gasteiger partial charge in [0, 0.05) is 19.0 Å². The number of carbonyl (C=O) groups is 1. The molecular weight excluding hydrogens is 268 g/mol. The molecule has 0 radical (unpaired) electrons. The van der Waals surface area contributed by atoms with E-state index in [-0.39, 0.29) is 12.5 Å². The Bertz CT molecular complexity index is 490. The molecule has 1 atom stereocenters. The number of hydrogen-bond acceptors (Lipinski definition) is 4. The van der Waals surface area contributed by atoms with E-state index in [4.69, 9.17) is 0 Å². The molecule has 1 saturated heterocycles. The number of nitrogens with one attached hydrogen (secondary N) is 1. The van der Waals surface area contributed by atoms with E-state index in [1.165, 1.54) is 11.8 Å². The van der Waals surface area contributed by atoms with Crippen molar-refractivity contribution in [1.29, 1.82) is 0 Å². The molecule has 2 heterocycles. The van der Waals surface area contributed by atoms with Gasteiger partial charge in [0.25, 0.3) is 0 Å². The lowest BCUT2D eigenvalue weighted by Crippen LogP contribution is -2.34. The number of aromatic amines is 1. The summed E-state index contributed by atoms with van der Waals surface area (Å²) in [7, 11) is 0. The van der Waals surface area contributed by atoms with Crippen molar-refractivity contribution in [3.63, 3.8) is 0 Å². The van der Waals surface area contributed by atoms with E-state index in [9.17, 15) is 9.90 Å². The van der Waals surface area contributed by atoms with Crippen LogP contribution in [0.25, 0.3) is 0 Å². The molecular formula is C15H24N4O2. The summed E-state index contributed by atoms with van der Waals surface area (Å²) in [5.74, 6) is -0.00804. The lowest BCUT2D eigenvalue weighted by Gasteiger charge is -2.20. The number of aromatic nitrogens is 3. The van der Waals surface area contributed by atoms with E-state index in [2.05, 4.69) is 29.3 Å². The van der Waals surface area contributed by atoms with Crippen molar-refractivity contribution in [1.82, 2.24) is 20.3 Å². The van der Waals surface area contributed by atoms with Crippen LogP contribution in [0.5, 0.6) is 0 Å². The van der Waals surface area contributed by atoms with Gasteiger partial charge in [-0.25, -0.2) is 0 Å². The molecule has 0 spiro atoms. The van der Waals surface area contributed by atoms with E-state index in [1.54, 1.807) is 11.0 Å². The number of rotatable bonds is 6. The molecule has 1 unspecified atom stereocenters. The number of aliphatic hydroxyl groups is 1. The fourth-order valence-electron chi connectivity index (χ4n) is 2.79. The van der Waals surface area contributed by atoms with Crippen LogP contribution in [-0.2, 0) is 10.4 Å². The van der Waals surface area contributed by atoms with Crippen LogP contribution in [-0.4, -0.2) is 44.4 Å². The van der Waals surface area contributed by atoms with Crippen molar-refractivity contribution < 1.29 is 9.90 Å². The molecule has 6 heteroatoms. The van der Waals surface area contributed by atoms with E-state index < -0.39 is 5.60 Å². The first-order valence-corrected chi connectivity index (χ1v) is 7.66. The number of β-amino-alcohol motifs (C(OH)–C–C–N with tert-alkyl or cyclic N) is 1. The molecule has 1 aliphatic heterocycles. The average molecular weight is 292 g/mol. The van der Waals surface area contributed by atoms with Gasteiger partial charge in [0.05, 0.1) is 12.7 Å². The molecule has 1 aromatic heterocycles. The number of hydrogen-bond donors (Lipinski definition) is 2. The second-order valence-electron chi connectivity index (χ2n) is 5.70. The third-order valence-corrected chi connectivity index (χ3v) is 3.92. The standard InChI is InChI=1S/C15H24N4O2/c1-3-5-12(6-4-2)9-14(20)19-8-7-15(21,11-19)13-10-16-18-17-13/h9-10,21H,3-8,11H2,1-2H3,(H,16,17,18). The van der Waals surface area contributed by atoms with Crippen LogP contribution in [0.4, 0.5) is 0 Å². The van der Waals surface area contributed by atoms with Gasteiger partial charge < -0.3 is 10.0 Å². The fourth-order valence-corrected chi connectivity index (χ4v) is 2.79. The first kappa shape index (κ1) is 15.7. The maximum absolute atomic E-state index is 12.4. The second-order valence-corrected chi connectivity index (χ2v) is 5.70. The molecule has 6 nitrogen and oxygen atoms in total. The number of likely N-dealkylation sites (tertiary alicyclic amines) is 1. The van der Waals surface area contributed by atoms with Gasteiger partial charge in [0.1, 0.15) is 11.3 Å². The summed E-state index contributed by atoms with van der Waals surface area (Å²) in [6.07, 6.45) is 7.77. The molecule has 0 bridgehead atoms. The van der Waals surface area contributed by atoms with Crippen LogP contribution in [0.1, 0.15) is 51.6 Å². The van der Waals surface area contributed by atoms with Crippen molar-refractivity contribution in [3.8, 4) is 0 Å². The van der Waals surface area contributed by atoms with Crippen LogP contribution in [0.3, 0.4) is 0 Å². The zero-order valence-corrected chi connectivity index (χ0v) is 12.8. The van der Waals surface area contributed by atoms with Crippen molar-refractivity contribution in [2.24, 2.45) is 0 Å². The van der Waals surface area contributed by atoms with Crippen molar-refractivity contribution >= 4 is 5.91 Å². The van der Waals surface area contributed by atoms with Crippen molar-refractivity contribution in [3.05, 3.63) is 23.5 Å². The van der Waals surface area contributed by atoms with Gasteiger partial charge in [-0.05, 0) is 12.8 Å². The normalized spacial score (nSPS) is 21.6. The van der Waals surface area contributed by atoms with Gasteiger partial charge in [-0.1, -0.05) is 32.3 Å². The minimum atomic E-state index is -1.08. The Morgan fingerprint density at radius 3 is 2.76 bits per heavy atom. The Morgan fingerprint density at radius 1 is 1.48 bits per heavy atom. The Balaban J connectivity index is 2.03. The van der Waals surface area contributed by atoms with Gasteiger partial charge in [-0.2, -0.15) is 15.4 Å². The van der Waals surface area contributed by atoms with Crippen LogP contribution in [0, 0.1) is 0 Å². The topological polar surface area (TPSA) is 82.1 Å².